The maximum absolute atomic E-state index is 12.0. The van der Waals surface area contributed by atoms with Crippen molar-refractivity contribution in [2.45, 2.75) is 38.6 Å². The largest absolute Gasteiger partial charge is 0.335 e. The summed E-state index contributed by atoms with van der Waals surface area (Å²) in [6, 6.07) is 0.405. The van der Waals surface area contributed by atoms with Gasteiger partial charge in [0.25, 0.3) is 5.91 Å². The second kappa shape index (κ2) is 4.00. The predicted molar refractivity (Wildman–Crippen MR) is 55.2 cm³/mol. The van der Waals surface area contributed by atoms with Crippen LogP contribution < -0.4 is 5.43 Å². The van der Waals surface area contributed by atoms with Gasteiger partial charge in [0.15, 0.2) is 0 Å². The first kappa shape index (κ1) is 10.1. The first-order valence-electron chi connectivity index (χ1n) is 5.38. The zero-order valence-electron chi connectivity index (χ0n) is 8.82. The Labute approximate surface area is 88.5 Å². The van der Waals surface area contributed by atoms with Crippen molar-refractivity contribution in [2.75, 3.05) is 6.54 Å². The highest BCUT2D eigenvalue weighted by atomic mass is 16.2. The molecule has 0 radical (unpaired) electrons. The topological polar surface area (TPSA) is 61.8 Å². The highest BCUT2D eigenvalue weighted by Crippen LogP contribution is 2.27. The number of hydrogen-bond donors (Lipinski definition) is 1. The molecule has 0 spiro atoms. The molecule has 1 aliphatic carbocycles. The van der Waals surface area contributed by atoms with Crippen LogP contribution in [0, 0.1) is 0 Å². The first-order valence-corrected chi connectivity index (χ1v) is 5.38. The van der Waals surface area contributed by atoms with Gasteiger partial charge in [0.05, 0.1) is 0 Å². The first-order chi connectivity index (χ1) is 7.22. The van der Waals surface area contributed by atoms with Gasteiger partial charge in [0.2, 0.25) is 5.91 Å². The van der Waals surface area contributed by atoms with Gasteiger partial charge < -0.3 is 4.90 Å². The molecule has 2 aliphatic rings. The van der Waals surface area contributed by atoms with Gasteiger partial charge in [-0.3, -0.25) is 9.59 Å². The van der Waals surface area contributed by atoms with E-state index in [1.807, 2.05) is 11.8 Å². The van der Waals surface area contributed by atoms with Crippen molar-refractivity contribution in [3.05, 3.63) is 0 Å². The van der Waals surface area contributed by atoms with E-state index in [-0.39, 0.29) is 11.8 Å². The van der Waals surface area contributed by atoms with Crippen LogP contribution in [0.3, 0.4) is 0 Å². The smallest absolute Gasteiger partial charge is 0.270 e. The monoisotopic (exact) mass is 209 g/mol. The number of nitrogens with zero attached hydrogens (tertiary/aromatic N) is 2. The summed E-state index contributed by atoms with van der Waals surface area (Å²) in [6.45, 7) is 2.69. The Balaban J connectivity index is 2.02. The van der Waals surface area contributed by atoms with E-state index in [0.717, 1.165) is 19.4 Å². The summed E-state index contributed by atoms with van der Waals surface area (Å²) < 4.78 is 0. The molecule has 0 aromatic carbocycles. The summed E-state index contributed by atoms with van der Waals surface area (Å²) in [5.74, 6) is -0.124. The molecular weight excluding hydrogens is 194 g/mol. The lowest BCUT2D eigenvalue weighted by molar-refractivity contribution is -0.125. The lowest BCUT2D eigenvalue weighted by Gasteiger charge is -2.22. The van der Waals surface area contributed by atoms with E-state index in [0.29, 0.717) is 24.6 Å². The number of amides is 2. The number of hydrazone groups is 1. The van der Waals surface area contributed by atoms with Crippen molar-refractivity contribution in [1.29, 1.82) is 0 Å². The Morgan fingerprint density at radius 1 is 1.53 bits per heavy atom. The highest BCUT2D eigenvalue weighted by molar-refractivity contribution is 6.39. The van der Waals surface area contributed by atoms with Crippen LogP contribution >= 0.6 is 0 Å². The molecular formula is C10H15N3O2. The average molecular weight is 209 g/mol. The fourth-order valence-corrected chi connectivity index (χ4v) is 1.75. The second-order valence-corrected chi connectivity index (χ2v) is 3.92. The van der Waals surface area contributed by atoms with Crippen molar-refractivity contribution in [2.24, 2.45) is 5.10 Å². The molecule has 0 unspecified atom stereocenters. The minimum absolute atomic E-state index is 0.0139. The predicted octanol–water partition coefficient (Wildman–Crippen LogP) is 0.263. The SMILES string of the molecule is CCN(C(=O)C1=NNC(=O)CC1)C1CC1. The van der Waals surface area contributed by atoms with Gasteiger partial charge in [-0.1, -0.05) is 0 Å². The van der Waals surface area contributed by atoms with Gasteiger partial charge in [-0.05, 0) is 19.8 Å². The van der Waals surface area contributed by atoms with E-state index in [1.54, 1.807) is 0 Å². The van der Waals surface area contributed by atoms with Crippen molar-refractivity contribution >= 4 is 17.5 Å². The summed E-state index contributed by atoms with van der Waals surface area (Å²) in [5, 5.41) is 3.82. The molecule has 1 saturated carbocycles. The summed E-state index contributed by atoms with van der Waals surface area (Å²) in [4.78, 5) is 24.7. The number of carbonyl (C=O) groups is 2. The molecule has 1 N–H and O–H groups in total. The Hall–Kier alpha value is -1.39. The maximum Gasteiger partial charge on any atom is 0.270 e. The van der Waals surface area contributed by atoms with Gasteiger partial charge in [-0.2, -0.15) is 5.10 Å². The van der Waals surface area contributed by atoms with Crippen molar-refractivity contribution in [3.63, 3.8) is 0 Å². The number of rotatable bonds is 3. The molecule has 0 saturated heterocycles. The zero-order valence-corrected chi connectivity index (χ0v) is 8.82. The fourth-order valence-electron chi connectivity index (χ4n) is 1.75. The molecule has 5 nitrogen and oxygen atoms in total. The Morgan fingerprint density at radius 2 is 2.27 bits per heavy atom. The van der Waals surface area contributed by atoms with Crippen LogP contribution in [0.1, 0.15) is 32.6 Å². The molecule has 0 atom stereocenters. The van der Waals surface area contributed by atoms with Crippen LogP contribution in [0.2, 0.25) is 0 Å². The Morgan fingerprint density at radius 3 is 2.73 bits per heavy atom. The van der Waals surface area contributed by atoms with E-state index in [4.69, 9.17) is 0 Å². The van der Waals surface area contributed by atoms with E-state index in [1.165, 1.54) is 0 Å². The third-order valence-corrected chi connectivity index (χ3v) is 2.74. The van der Waals surface area contributed by atoms with Crippen LogP contribution in [0.4, 0.5) is 0 Å². The summed E-state index contributed by atoms with van der Waals surface area (Å²) in [5.41, 5.74) is 2.84. The minimum atomic E-state index is -0.110. The molecule has 2 rings (SSSR count). The van der Waals surface area contributed by atoms with E-state index >= 15 is 0 Å². The van der Waals surface area contributed by atoms with Crippen molar-refractivity contribution < 1.29 is 9.59 Å². The van der Waals surface area contributed by atoms with Gasteiger partial charge in [0.1, 0.15) is 5.71 Å². The van der Waals surface area contributed by atoms with Gasteiger partial charge in [-0.15, -0.1) is 0 Å². The van der Waals surface area contributed by atoms with Gasteiger partial charge in [-0.25, -0.2) is 5.43 Å². The summed E-state index contributed by atoms with van der Waals surface area (Å²) in [7, 11) is 0. The van der Waals surface area contributed by atoms with Crippen LogP contribution in [0.15, 0.2) is 5.10 Å². The number of hydrogen-bond acceptors (Lipinski definition) is 3. The standard InChI is InChI=1S/C10H15N3O2/c1-2-13(7-3-4-7)10(15)8-5-6-9(14)12-11-8/h7H,2-6H2,1H3,(H,12,14). The van der Waals surface area contributed by atoms with Gasteiger partial charge >= 0.3 is 0 Å². The molecule has 1 heterocycles. The van der Waals surface area contributed by atoms with Crippen LogP contribution in [-0.2, 0) is 9.59 Å². The zero-order chi connectivity index (χ0) is 10.8. The lowest BCUT2D eigenvalue weighted by atomic mass is 10.1. The normalized spacial score (nSPS) is 20.6. The fraction of sp³-hybridized carbons (Fsp3) is 0.700. The van der Waals surface area contributed by atoms with Crippen molar-refractivity contribution in [1.82, 2.24) is 10.3 Å². The molecule has 0 bridgehead atoms. The molecule has 82 valence electrons. The summed E-state index contributed by atoms with van der Waals surface area (Å²) >= 11 is 0. The molecule has 0 aromatic rings. The molecule has 1 aliphatic heterocycles. The highest BCUT2D eigenvalue weighted by Gasteiger charge is 2.34. The van der Waals surface area contributed by atoms with Crippen LogP contribution in [-0.4, -0.2) is 35.0 Å². The van der Waals surface area contributed by atoms with Crippen molar-refractivity contribution in [3.8, 4) is 0 Å². The third-order valence-electron chi connectivity index (χ3n) is 2.74. The molecule has 5 heteroatoms. The van der Waals surface area contributed by atoms with E-state index < -0.39 is 0 Å². The average Bonchev–Trinajstić information content (AvgIpc) is 3.04. The molecule has 1 fully saturated rings. The lowest BCUT2D eigenvalue weighted by Crippen LogP contribution is -2.41. The Bertz CT molecular complexity index is 321. The molecule has 2 amide bonds. The molecule has 15 heavy (non-hydrogen) atoms. The quantitative estimate of drug-likeness (QED) is 0.725. The van der Waals surface area contributed by atoms with E-state index in [2.05, 4.69) is 10.5 Å². The van der Waals surface area contributed by atoms with Crippen LogP contribution in [0.25, 0.3) is 0 Å². The van der Waals surface area contributed by atoms with Gasteiger partial charge in [0, 0.05) is 25.4 Å². The molecule has 0 aromatic heterocycles. The van der Waals surface area contributed by atoms with E-state index in [9.17, 15) is 9.59 Å². The second-order valence-electron chi connectivity index (χ2n) is 3.92. The number of carbonyl (C=O) groups excluding carboxylic acids is 2. The third kappa shape index (κ3) is 2.16. The van der Waals surface area contributed by atoms with Crippen LogP contribution in [0.5, 0.6) is 0 Å². The number of nitrogens with one attached hydrogen (secondary N) is 1. The minimum Gasteiger partial charge on any atom is -0.335 e. The summed E-state index contributed by atoms with van der Waals surface area (Å²) in [6.07, 6.45) is 3.03. The maximum atomic E-state index is 12.0. The Kier molecular flexibility index (Phi) is 2.70.